The molecule has 1 atom stereocenters. The molecule has 2 nitrogen and oxygen atoms in total. The predicted octanol–water partition coefficient (Wildman–Crippen LogP) is 4.44. The molecule has 0 aromatic heterocycles. The summed E-state index contributed by atoms with van der Waals surface area (Å²) < 4.78 is 6.95. The van der Waals surface area contributed by atoms with Crippen LogP contribution < -0.4 is 10.1 Å². The van der Waals surface area contributed by atoms with Crippen molar-refractivity contribution in [1.29, 1.82) is 0 Å². The molecule has 1 aliphatic rings. The number of thioether (sulfide) groups is 1. The predicted molar refractivity (Wildman–Crippen MR) is 92.3 cm³/mol. The first-order chi connectivity index (χ1) is 10.3. The summed E-state index contributed by atoms with van der Waals surface area (Å²) in [4.78, 5) is 1.28. The van der Waals surface area contributed by atoms with E-state index >= 15 is 0 Å². The van der Waals surface area contributed by atoms with Crippen LogP contribution in [0, 0.1) is 0 Å². The highest BCUT2D eigenvalue weighted by Gasteiger charge is 2.21. The fraction of sp³-hybridized carbons (Fsp3) is 0.294. The molecule has 3 rings (SSSR count). The maximum absolute atomic E-state index is 5.83. The van der Waals surface area contributed by atoms with Crippen molar-refractivity contribution in [3.05, 3.63) is 58.1 Å². The second-order valence-corrected chi connectivity index (χ2v) is 7.05. The van der Waals surface area contributed by atoms with Gasteiger partial charge in [-0.2, -0.15) is 0 Å². The number of fused-ring (bicyclic) bond motifs is 1. The van der Waals surface area contributed by atoms with E-state index in [1.54, 1.807) is 0 Å². The van der Waals surface area contributed by atoms with Crippen molar-refractivity contribution in [2.45, 2.75) is 17.4 Å². The second-order valence-electron chi connectivity index (χ2n) is 5.04. The smallest absolute Gasteiger partial charge is 0.127 e. The van der Waals surface area contributed by atoms with Crippen LogP contribution >= 0.6 is 27.7 Å². The summed E-state index contributed by atoms with van der Waals surface area (Å²) in [6, 6.07) is 15.2. The Bertz CT molecular complexity index is 632. The summed E-state index contributed by atoms with van der Waals surface area (Å²) in [6.07, 6.45) is 1.03. The fourth-order valence-electron chi connectivity index (χ4n) is 2.58. The maximum Gasteiger partial charge on any atom is 0.127 e. The Hall–Kier alpha value is -0.970. The van der Waals surface area contributed by atoms with Crippen molar-refractivity contribution >= 4 is 27.7 Å². The Morgan fingerprint density at radius 2 is 2.14 bits per heavy atom. The number of benzene rings is 2. The summed E-state index contributed by atoms with van der Waals surface area (Å²) in [5, 5.41) is 3.42. The van der Waals surface area contributed by atoms with Gasteiger partial charge in [0.25, 0.3) is 0 Å². The minimum Gasteiger partial charge on any atom is -0.493 e. The van der Waals surface area contributed by atoms with Crippen molar-refractivity contribution in [2.75, 3.05) is 19.4 Å². The van der Waals surface area contributed by atoms with Gasteiger partial charge in [-0.15, -0.1) is 11.8 Å². The van der Waals surface area contributed by atoms with Gasteiger partial charge >= 0.3 is 0 Å². The van der Waals surface area contributed by atoms with Crippen LogP contribution in [-0.2, 0) is 6.42 Å². The van der Waals surface area contributed by atoms with Gasteiger partial charge in [0.15, 0.2) is 0 Å². The van der Waals surface area contributed by atoms with Crippen LogP contribution in [0.1, 0.15) is 17.2 Å². The van der Waals surface area contributed by atoms with E-state index in [-0.39, 0.29) is 0 Å². The summed E-state index contributed by atoms with van der Waals surface area (Å²) in [6.45, 7) is 0.807. The van der Waals surface area contributed by atoms with Gasteiger partial charge in [-0.05, 0) is 30.8 Å². The Morgan fingerprint density at radius 1 is 1.29 bits per heavy atom. The fourth-order valence-corrected chi connectivity index (χ4v) is 4.22. The van der Waals surface area contributed by atoms with Gasteiger partial charge in [0.05, 0.1) is 6.61 Å². The molecule has 2 aromatic rings. The molecule has 0 saturated heterocycles. The lowest BCUT2D eigenvalue weighted by molar-refractivity contribution is 0.350. The highest BCUT2D eigenvalue weighted by Crippen LogP contribution is 2.35. The van der Waals surface area contributed by atoms with Gasteiger partial charge in [0, 0.05) is 33.1 Å². The molecular formula is C17H18BrNOS. The van der Waals surface area contributed by atoms with Crippen LogP contribution in [0.15, 0.2) is 51.8 Å². The Labute approximate surface area is 138 Å². The first kappa shape index (κ1) is 14.9. The molecule has 0 aliphatic carbocycles. The van der Waals surface area contributed by atoms with Crippen LogP contribution in [0.25, 0.3) is 0 Å². The summed E-state index contributed by atoms with van der Waals surface area (Å²) >= 11 is 5.38. The van der Waals surface area contributed by atoms with Crippen LogP contribution in [0.3, 0.4) is 0 Å². The number of para-hydroxylation sites is 1. The van der Waals surface area contributed by atoms with Crippen molar-refractivity contribution in [3.63, 3.8) is 0 Å². The average molecular weight is 364 g/mol. The zero-order valence-corrected chi connectivity index (χ0v) is 14.3. The number of hydrogen-bond acceptors (Lipinski definition) is 3. The third kappa shape index (κ3) is 3.44. The molecule has 0 radical (unpaired) electrons. The summed E-state index contributed by atoms with van der Waals surface area (Å²) in [5.41, 5.74) is 2.61. The van der Waals surface area contributed by atoms with E-state index in [0.29, 0.717) is 6.04 Å². The molecule has 1 unspecified atom stereocenters. The normalized spacial score (nSPS) is 14.6. The first-order valence-corrected chi connectivity index (χ1v) is 8.86. The Balaban J connectivity index is 1.75. The molecule has 4 heteroatoms. The summed E-state index contributed by atoms with van der Waals surface area (Å²) in [5.74, 6) is 2.07. The topological polar surface area (TPSA) is 21.3 Å². The van der Waals surface area contributed by atoms with E-state index in [9.17, 15) is 0 Å². The highest BCUT2D eigenvalue weighted by atomic mass is 79.9. The number of rotatable bonds is 5. The molecule has 110 valence electrons. The lowest BCUT2D eigenvalue weighted by Crippen LogP contribution is -2.19. The van der Waals surface area contributed by atoms with Gasteiger partial charge in [-0.1, -0.05) is 40.2 Å². The van der Waals surface area contributed by atoms with Crippen LogP contribution in [0.5, 0.6) is 5.75 Å². The van der Waals surface area contributed by atoms with Gasteiger partial charge in [-0.25, -0.2) is 0 Å². The minimum atomic E-state index is 0.294. The number of ether oxygens (including phenoxy) is 1. The molecule has 0 amide bonds. The largest absolute Gasteiger partial charge is 0.493 e. The van der Waals surface area contributed by atoms with E-state index in [0.717, 1.165) is 29.0 Å². The standard InChI is InChI=1S/C17H18BrNOS/c1-19-16(11-21-14-6-3-5-13(18)10-14)15-7-2-4-12-8-9-20-17(12)15/h2-7,10,16,19H,8-9,11H2,1H3. The molecule has 1 heterocycles. The number of hydrogen-bond donors (Lipinski definition) is 1. The van der Waals surface area contributed by atoms with E-state index in [1.165, 1.54) is 16.0 Å². The maximum atomic E-state index is 5.83. The zero-order valence-electron chi connectivity index (χ0n) is 11.9. The van der Waals surface area contributed by atoms with Gasteiger partial charge in [0.1, 0.15) is 5.75 Å². The van der Waals surface area contributed by atoms with Crippen LogP contribution in [-0.4, -0.2) is 19.4 Å². The lowest BCUT2D eigenvalue weighted by atomic mass is 10.0. The number of halogens is 1. The molecule has 0 saturated carbocycles. The first-order valence-electron chi connectivity index (χ1n) is 7.08. The highest BCUT2D eigenvalue weighted by molar-refractivity contribution is 9.10. The molecule has 1 aliphatic heterocycles. The van der Waals surface area contributed by atoms with E-state index < -0.39 is 0 Å². The SMILES string of the molecule is CNC(CSc1cccc(Br)c1)c1cccc2c1OCC2. The third-order valence-corrected chi connectivity index (χ3v) is 5.26. The molecule has 0 fully saturated rings. The molecular weight excluding hydrogens is 346 g/mol. The van der Waals surface area contributed by atoms with E-state index in [4.69, 9.17) is 4.74 Å². The quantitative estimate of drug-likeness (QED) is 0.793. The van der Waals surface area contributed by atoms with Crippen molar-refractivity contribution in [3.8, 4) is 5.75 Å². The van der Waals surface area contributed by atoms with Crippen LogP contribution in [0.2, 0.25) is 0 Å². The molecule has 21 heavy (non-hydrogen) atoms. The molecule has 0 bridgehead atoms. The second kappa shape index (κ2) is 6.86. The van der Waals surface area contributed by atoms with Gasteiger partial charge < -0.3 is 10.1 Å². The van der Waals surface area contributed by atoms with Crippen molar-refractivity contribution in [1.82, 2.24) is 5.32 Å². The van der Waals surface area contributed by atoms with Gasteiger partial charge in [0.2, 0.25) is 0 Å². The molecule has 0 spiro atoms. The Morgan fingerprint density at radius 3 is 2.95 bits per heavy atom. The van der Waals surface area contributed by atoms with E-state index in [2.05, 4.69) is 63.7 Å². The summed E-state index contributed by atoms with van der Waals surface area (Å²) in [7, 11) is 2.01. The zero-order chi connectivity index (χ0) is 14.7. The minimum absolute atomic E-state index is 0.294. The monoisotopic (exact) mass is 363 g/mol. The lowest BCUT2D eigenvalue weighted by Gasteiger charge is -2.19. The van der Waals surface area contributed by atoms with E-state index in [1.807, 2.05) is 18.8 Å². The number of nitrogens with one attached hydrogen (secondary N) is 1. The van der Waals surface area contributed by atoms with Crippen molar-refractivity contribution < 1.29 is 4.74 Å². The molecule has 2 aromatic carbocycles. The third-order valence-electron chi connectivity index (χ3n) is 3.68. The molecule has 1 N–H and O–H groups in total. The van der Waals surface area contributed by atoms with Crippen molar-refractivity contribution in [2.24, 2.45) is 0 Å². The van der Waals surface area contributed by atoms with Gasteiger partial charge in [-0.3, -0.25) is 0 Å². The Kier molecular flexibility index (Phi) is 4.88. The average Bonchev–Trinajstić information content (AvgIpc) is 2.97. The van der Waals surface area contributed by atoms with Crippen LogP contribution in [0.4, 0.5) is 0 Å².